The summed E-state index contributed by atoms with van der Waals surface area (Å²) in [5.74, 6) is -1.86. The first kappa shape index (κ1) is 12.1. The quantitative estimate of drug-likeness (QED) is 0.326. The highest BCUT2D eigenvalue weighted by Crippen LogP contribution is 1.81. The lowest BCUT2D eigenvalue weighted by Crippen LogP contribution is -2.21. The number of esters is 2. The summed E-state index contributed by atoms with van der Waals surface area (Å²) in [7, 11) is 0. The van der Waals surface area contributed by atoms with Crippen molar-refractivity contribution >= 4 is 23.5 Å². The minimum Gasteiger partial charge on any atom is -0.391 e. The molecule has 0 aromatic carbocycles. The second-order valence-electron chi connectivity index (χ2n) is 1.18. The van der Waals surface area contributed by atoms with E-state index in [1.807, 2.05) is 0 Å². The van der Waals surface area contributed by atoms with Crippen LogP contribution in [0, 0.1) is 0 Å². The molecule has 5 N–H and O–H groups in total. The van der Waals surface area contributed by atoms with Gasteiger partial charge in [-0.2, -0.15) is 0 Å². The van der Waals surface area contributed by atoms with Gasteiger partial charge in [0.2, 0.25) is 0 Å². The van der Waals surface area contributed by atoms with Crippen LogP contribution in [0.25, 0.3) is 0 Å². The van der Waals surface area contributed by atoms with E-state index in [1.165, 1.54) is 0 Å². The second kappa shape index (κ2) is 6.47. The van der Waals surface area contributed by atoms with Crippen molar-refractivity contribution < 1.29 is 14.3 Å². The minimum atomic E-state index is -0.771. The zero-order chi connectivity index (χ0) is 7.28. The van der Waals surface area contributed by atoms with Crippen LogP contribution < -0.4 is 11.9 Å². The van der Waals surface area contributed by atoms with Crippen LogP contribution in [0.3, 0.4) is 0 Å². The van der Waals surface area contributed by atoms with Crippen LogP contribution in [0.5, 0.6) is 0 Å². The number of rotatable bonds is 2. The number of nitrogens with two attached hydrogens (primary N) is 1. The van der Waals surface area contributed by atoms with E-state index in [2.05, 4.69) is 4.74 Å². The molecule has 0 aliphatic heterocycles. The predicted molar refractivity (Wildman–Crippen MR) is 35.9 cm³/mol. The molecule has 0 saturated carbocycles. The van der Waals surface area contributed by atoms with Gasteiger partial charge in [-0.05, 0) is 0 Å². The average Bonchev–Trinajstić information content (AvgIpc) is 1.87. The van der Waals surface area contributed by atoms with Gasteiger partial charge in [0.15, 0.2) is 0 Å². The van der Waals surface area contributed by atoms with Crippen LogP contribution in [-0.4, -0.2) is 24.4 Å². The van der Waals surface area contributed by atoms with Gasteiger partial charge in [-0.25, -0.2) is 0 Å². The number of ether oxygens (including phenoxy) is 1. The Hall–Kier alpha value is -0.650. The van der Waals surface area contributed by atoms with Gasteiger partial charge in [-0.1, -0.05) is 0 Å². The Balaban J connectivity index is 0. The van der Waals surface area contributed by atoms with E-state index in [0.717, 1.165) is 0 Å². The Morgan fingerprint density at radius 1 is 1.40 bits per heavy atom. The topological polar surface area (TPSA) is 104 Å². The molecule has 60 valence electrons. The normalized spacial score (nSPS) is 7.80. The number of halogens is 1. The molecular weight excluding hydrogens is 160 g/mol. The molecular formula is C4H9ClN2O3. The third kappa shape index (κ3) is 5.49. The van der Waals surface area contributed by atoms with E-state index in [4.69, 9.17) is 17.3 Å². The summed E-state index contributed by atoms with van der Waals surface area (Å²) >= 11 is 4.99. The third-order valence-corrected chi connectivity index (χ3v) is 0.722. The summed E-state index contributed by atoms with van der Waals surface area (Å²) in [4.78, 5) is 20.3. The van der Waals surface area contributed by atoms with Gasteiger partial charge in [-0.3, -0.25) is 9.59 Å². The highest BCUT2D eigenvalue weighted by atomic mass is 35.5. The summed E-state index contributed by atoms with van der Waals surface area (Å²) < 4.78 is 4.01. The monoisotopic (exact) mass is 168 g/mol. The lowest BCUT2D eigenvalue weighted by atomic mass is 10.7. The molecule has 0 aliphatic carbocycles. The fourth-order valence-corrected chi connectivity index (χ4v) is 0.250. The van der Waals surface area contributed by atoms with Gasteiger partial charge in [-0.15, -0.1) is 11.6 Å². The fourth-order valence-electron chi connectivity index (χ4n) is 0.196. The van der Waals surface area contributed by atoms with Gasteiger partial charge in [0, 0.05) is 0 Å². The van der Waals surface area contributed by atoms with Crippen molar-refractivity contribution in [3.05, 3.63) is 0 Å². The van der Waals surface area contributed by atoms with Crippen molar-refractivity contribution in [2.75, 3.05) is 12.4 Å². The standard InChI is InChI=1S/C4H6ClNO3.H3N/c5-1-3(7)9-4(8)2-6;/h1-2,6H2;1H3. The molecule has 6 heteroatoms. The molecule has 0 amide bonds. The molecule has 0 saturated heterocycles. The van der Waals surface area contributed by atoms with E-state index < -0.39 is 11.9 Å². The average molecular weight is 169 g/mol. The van der Waals surface area contributed by atoms with Gasteiger partial charge in [0.25, 0.3) is 0 Å². The first-order chi connectivity index (χ1) is 4.20. The minimum absolute atomic E-state index is 0. The summed E-state index contributed by atoms with van der Waals surface area (Å²) in [6.07, 6.45) is 0. The molecule has 0 radical (unpaired) electrons. The summed E-state index contributed by atoms with van der Waals surface area (Å²) in [6.45, 7) is -0.303. The molecule has 0 aliphatic rings. The van der Waals surface area contributed by atoms with Gasteiger partial charge in [0.05, 0.1) is 6.54 Å². The van der Waals surface area contributed by atoms with E-state index in [9.17, 15) is 9.59 Å². The van der Waals surface area contributed by atoms with Crippen LogP contribution in [0.4, 0.5) is 0 Å². The lowest BCUT2D eigenvalue weighted by molar-refractivity contribution is -0.156. The molecule has 0 spiro atoms. The number of hydrogen-bond donors (Lipinski definition) is 2. The third-order valence-electron chi connectivity index (χ3n) is 0.503. The van der Waals surface area contributed by atoms with E-state index in [-0.39, 0.29) is 18.6 Å². The highest BCUT2D eigenvalue weighted by Gasteiger charge is 2.04. The molecule has 0 unspecified atom stereocenters. The Kier molecular flexibility index (Phi) is 7.81. The number of carbonyl (C=O) groups is 2. The van der Waals surface area contributed by atoms with Crippen LogP contribution >= 0.6 is 11.6 Å². The van der Waals surface area contributed by atoms with Crippen LogP contribution in [-0.2, 0) is 14.3 Å². The van der Waals surface area contributed by atoms with Crippen LogP contribution in [0.1, 0.15) is 0 Å². The Bertz CT molecular complexity index is 114. The summed E-state index contributed by atoms with van der Waals surface area (Å²) in [5, 5.41) is 0. The summed E-state index contributed by atoms with van der Waals surface area (Å²) in [5.41, 5.74) is 4.81. The molecule has 10 heavy (non-hydrogen) atoms. The number of hydrogen-bond acceptors (Lipinski definition) is 5. The smallest absolute Gasteiger partial charge is 0.328 e. The van der Waals surface area contributed by atoms with E-state index in [0.29, 0.717) is 0 Å². The SMILES string of the molecule is N.NCC(=O)OC(=O)CCl. The first-order valence-corrected chi connectivity index (χ1v) is 2.73. The van der Waals surface area contributed by atoms with Crippen molar-refractivity contribution in [1.29, 1.82) is 0 Å². The molecule has 0 heterocycles. The maximum Gasteiger partial charge on any atom is 0.328 e. The maximum atomic E-state index is 10.2. The lowest BCUT2D eigenvalue weighted by Gasteiger charge is -1.94. The van der Waals surface area contributed by atoms with Gasteiger partial charge < -0.3 is 16.6 Å². The molecule has 0 atom stereocenters. The van der Waals surface area contributed by atoms with Crippen molar-refractivity contribution in [3.63, 3.8) is 0 Å². The molecule has 0 rings (SSSR count). The van der Waals surface area contributed by atoms with E-state index >= 15 is 0 Å². The predicted octanol–water partition coefficient (Wildman–Crippen LogP) is -0.584. The fraction of sp³-hybridized carbons (Fsp3) is 0.500. The zero-order valence-corrected chi connectivity index (χ0v) is 6.06. The number of alkyl halides is 1. The first-order valence-electron chi connectivity index (χ1n) is 2.20. The Morgan fingerprint density at radius 3 is 2.20 bits per heavy atom. The second-order valence-corrected chi connectivity index (χ2v) is 1.45. The highest BCUT2D eigenvalue weighted by molar-refractivity contribution is 6.27. The van der Waals surface area contributed by atoms with Crippen molar-refractivity contribution in [3.8, 4) is 0 Å². The maximum absolute atomic E-state index is 10.2. The molecule has 0 bridgehead atoms. The molecule has 5 nitrogen and oxygen atoms in total. The van der Waals surface area contributed by atoms with Crippen LogP contribution in [0.15, 0.2) is 0 Å². The van der Waals surface area contributed by atoms with Gasteiger partial charge >= 0.3 is 11.9 Å². The van der Waals surface area contributed by atoms with Crippen molar-refractivity contribution in [2.45, 2.75) is 0 Å². The Labute approximate surface area is 63.0 Å². The van der Waals surface area contributed by atoms with Gasteiger partial charge in [0.1, 0.15) is 5.88 Å². The Morgan fingerprint density at radius 2 is 1.90 bits per heavy atom. The van der Waals surface area contributed by atoms with Crippen LogP contribution in [0.2, 0.25) is 0 Å². The summed E-state index contributed by atoms with van der Waals surface area (Å²) in [6, 6.07) is 0. The largest absolute Gasteiger partial charge is 0.391 e. The zero-order valence-electron chi connectivity index (χ0n) is 5.30. The van der Waals surface area contributed by atoms with Crippen molar-refractivity contribution in [1.82, 2.24) is 6.15 Å². The molecule has 0 fully saturated rings. The van der Waals surface area contributed by atoms with Crippen molar-refractivity contribution in [2.24, 2.45) is 5.73 Å². The number of carbonyl (C=O) groups excluding carboxylic acids is 2. The van der Waals surface area contributed by atoms with E-state index in [1.54, 1.807) is 0 Å². The molecule has 0 aromatic heterocycles. The molecule has 0 aromatic rings.